The van der Waals surface area contributed by atoms with Crippen molar-refractivity contribution in [3.05, 3.63) is 28.9 Å². The lowest BCUT2D eigenvalue weighted by molar-refractivity contribution is -0.140. The fourth-order valence-corrected chi connectivity index (χ4v) is 4.88. The Bertz CT molecular complexity index is 835. The standard InChI is InChI=1S/C21H28ClN3O2/c1-21(2,15-6-8-25(9-7-15)20(27)13-4-3-5-13)19(26)17-11-16(22)10-14-12-23-24-18(14)17/h10-13,15,19,26H,3-9H2,1-2H3,(H,23,24)/t19-/m1/s1. The maximum absolute atomic E-state index is 12.5. The highest BCUT2D eigenvalue weighted by molar-refractivity contribution is 6.31. The van der Waals surface area contributed by atoms with E-state index >= 15 is 0 Å². The number of nitrogens with zero attached hydrogens (tertiary/aromatic N) is 2. The van der Waals surface area contributed by atoms with Crippen LogP contribution in [-0.4, -0.2) is 39.2 Å². The molecular weight excluding hydrogens is 362 g/mol. The minimum Gasteiger partial charge on any atom is -0.388 e. The van der Waals surface area contributed by atoms with E-state index in [1.165, 1.54) is 6.42 Å². The first kappa shape index (κ1) is 18.8. The number of H-pyrrole nitrogens is 1. The number of hydrogen-bond donors (Lipinski definition) is 2. The summed E-state index contributed by atoms with van der Waals surface area (Å²) in [6.07, 6.45) is 6.22. The van der Waals surface area contributed by atoms with Gasteiger partial charge in [0, 0.05) is 35.0 Å². The summed E-state index contributed by atoms with van der Waals surface area (Å²) in [5.41, 5.74) is 1.32. The summed E-state index contributed by atoms with van der Waals surface area (Å²) in [5, 5.41) is 19.9. The van der Waals surface area contributed by atoms with E-state index in [1.807, 2.05) is 17.0 Å². The Kier molecular flexibility index (Phi) is 4.93. The van der Waals surface area contributed by atoms with Crippen molar-refractivity contribution in [2.75, 3.05) is 13.1 Å². The van der Waals surface area contributed by atoms with E-state index in [0.29, 0.717) is 16.8 Å². The van der Waals surface area contributed by atoms with Gasteiger partial charge in [0.2, 0.25) is 5.91 Å². The van der Waals surface area contributed by atoms with Gasteiger partial charge < -0.3 is 10.0 Å². The molecule has 1 saturated carbocycles. The van der Waals surface area contributed by atoms with Crippen molar-refractivity contribution in [1.29, 1.82) is 0 Å². The zero-order valence-corrected chi connectivity index (χ0v) is 16.8. The Morgan fingerprint density at radius 2 is 2.00 bits per heavy atom. The van der Waals surface area contributed by atoms with Crippen LogP contribution in [0.4, 0.5) is 0 Å². The Morgan fingerprint density at radius 1 is 1.30 bits per heavy atom. The number of fused-ring (bicyclic) bond motifs is 1. The summed E-state index contributed by atoms with van der Waals surface area (Å²) >= 11 is 6.27. The van der Waals surface area contributed by atoms with E-state index in [4.69, 9.17) is 11.6 Å². The number of amides is 1. The molecule has 1 aliphatic heterocycles. The van der Waals surface area contributed by atoms with E-state index in [1.54, 1.807) is 6.20 Å². The summed E-state index contributed by atoms with van der Waals surface area (Å²) in [4.78, 5) is 14.5. The van der Waals surface area contributed by atoms with Gasteiger partial charge in [-0.2, -0.15) is 5.10 Å². The van der Waals surface area contributed by atoms with E-state index in [9.17, 15) is 9.90 Å². The summed E-state index contributed by atoms with van der Waals surface area (Å²) in [7, 11) is 0. The Morgan fingerprint density at radius 3 is 2.63 bits per heavy atom. The number of likely N-dealkylation sites (tertiary alicyclic amines) is 1. The Hall–Kier alpha value is -1.59. The van der Waals surface area contributed by atoms with Gasteiger partial charge in [0.1, 0.15) is 0 Å². The van der Waals surface area contributed by atoms with E-state index in [2.05, 4.69) is 24.0 Å². The lowest BCUT2D eigenvalue weighted by Crippen LogP contribution is -2.46. The number of aliphatic hydroxyl groups excluding tert-OH is 1. The highest BCUT2D eigenvalue weighted by Crippen LogP contribution is 2.46. The number of nitrogens with one attached hydrogen (secondary N) is 1. The minimum atomic E-state index is -0.655. The quantitative estimate of drug-likeness (QED) is 0.818. The fourth-order valence-electron chi connectivity index (χ4n) is 4.64. The van der Waals surface area contributed by atoms with Crippen molar-refractivity contribution >= 4 is 28.4 Å². The molecule has 6 heteroatoms. The molecule has 1 amide bonds. The molecule has 0 radical (unpaired) electrons. The number of aromatic amines is 1. The van der Waals surface area contributed by atoms with Crippen LogP contribution in [0.5, 0.6) is 0 Å². The molecule has 1 aromatic heterocycles. The Labute approximate surface area is 165 Å². The van der Waals surface area contributed by atoms with Crippen LogP contribution in [0.15, 0.2) is 18.3 Å². The van der Waals surface area contributed by atoms with Crippen LogP contribution < -0.4 is 0 Å². The molecule has 0 bridgehead atoms. The van der Waals surface area contributed by atoms with Gasteiger partial charge in [-0.15, -0.1) is 0 Å². The molecule has 4 rings (SSSR count). The van der Waals surface area contributed by atoms with Gasteiger partial charge in [0.05, 0.1) is 17.8 Å². The molecule has 2 N–H and O–H groups in total. The SMILES string of the molecule is CC(C)(C1CCN(C(=O)C2CCC2)CC1)[C@H](O)c1cc(Cl)cc2cn[nH]c12. The molecule has 2 aromatic rings. The van der Waals surface area contributed by atoms with Gasteiger partial charge in [-0.1, -0.05) is 31.9 Å². The fraction of sp³-hybridized carbons (Fsp3) is 0.619. The van der Waals surface area contributed by atoms with Crippen LogP contribution in [-0.2, 0) is 4.79 Å². The van der Waals surface area contributed by atoms with Crippen LogP contribution in [0.25, 0.3) is 10.9 Å². The molecule has 1 atom stereocenters. The molecule has 0 spiro atoms. The first-order chi connectivity index (χ1) is 12.9. The predicted molar refractivity (Wildman–Crippen MR) is 106 cm³/mol. The van der Waals surface area contributed by atoms with Crippen molar-refractivity contribution < 1.29 is 9.90 Å². The van der Waals surface area contributed by atoms with Crippen molar-refractivity contribution in [3.8, 4) is 0 Å². The number of hydrogen-bond acceptors (Lipinski definition) is 3. The number of aromatic nitrogens is 2. The molecule has 2 heterocycles. The first-order valence-corrected chi connectivity index (χ1v) is 10.3. The number of rotatable bonds is 4. The number of benzene rings is 1. The number of piperidine rings is 1. The molecule has 5 nitrogen and oxygen atoms in total. The second kappa shape index (κ2) is 7.10. The summed E-state index contributed by atoms with van der Waals surface area (Å²) in [5.74, 6) is 0.947. The third-order valence-electron chi connectivity index (χ3n) is 6.86. The summed E-state index contributed by atoms with van der Waals surface area (Å²) in [6, 6.07) is 3.69. The average molecular weight is 390 g/mol. The van der Waals surface area contributed by atoms with Crippen LogP contribution >= 0.6 is 11.6 Å². The lowest BCUT2D eigenvalue weighted by atomic mass is 9.68. The molecule has 1 aromatic carbocycles. The number of aliphatic hydroxyl groups is 1. The van der Waals surface area contributed by atoms with Gasteiger partial charge in [-0.3, -0.25) is 9.89 Å². The van der Waals surface area contributed by atoms with Crippen molar-refractivity contribution in [2.24, 2.45) is 17.3 Å². The maximum atomic E-state index is 12.5. The van der Waals surface area contributed by atoms with Crippen LogP contribution in [0.1, 0.15) is 57.6 Å². The summed E-state index contributed by atoms with van der Waals surface area (Å²) in [6.45, 7) is 5.83. The van der Waals surface area contributed by atoms with Gasteiger partial charge in [-0.05, 0) is 49.1 Å². The zero-order valence-electron chi connectivity index (χ0n) is 16.0. The summed E-state index contributed by atoms with van der Waals surface area (Å²) < 4.78 is 0. The highest BCUT2D eigenvalue weighted by atomic mass is 35.5. The molecule has 0 unspecified atom stereocenters. The van der Waals surface area contributed by atoms with E-state index < -0.39 is 6.10 Å². The van der Waals surface area contributed by atoms with Crippen molar-refractivity contribution in [2.45, 2.75) is 52.1 Å². The topological polar surface area (TPSA) is 69.2 Å². The molecule has 2 fully saturated rings. The van der Waals surface area contributed by atoms with Crippen LogP contribution in [0, 0.1) is 17.3 Å². The van der Waals surface area contributed by atoms with Gasteiger partial charge in [-0.25, -0.2) is 0 Å². The lowest BCUT2D eigenvalue weighted by Gasteiger charge is -2.44. The smallest absolute Gasteiger partial charge is 0.225 e. The second-order valence-corrected chi connectivity index (χ2v) is 9.22. The largest absolute Gasteiger partial charge is 0.388 e. The molecule has 1 aliphatic carbocycles. The van der Waals surface area contributed by atoms with Crippen molar-refractivity contribution in [3.63, 3.8) is 0 Å². The van der Waals surface area contributed by atoms with Gasteiger partial charge >= 0.3 is 0 Å². The predicted octanol–water partition coefficient (Wildman–Crippen LogP) is 4.31. The zero-order chi connectivity index (χ0) is 19.2. The third kappa shape index (κ3) is 3.36. The molecule has 2 aliphatic rings. The number of carbonyl (C=O) groups excluding carboxylic acids is 1. The minimum absolute atomic E-state index is 0.264. The van der Waals surface area contributed by atoms with Gasteiger partial charge in [0.25, 0.3) is 0 Å². The molecule has 146 valence electrons. The van der Waals surface area contributed by atoms with E-state index in [-0.39, 0.29) is 11.3 Å². The molecular formula is C21H28ClN3O2. The van der Waals surface area contributed by atoms with E-state index in [0.717, 1.165) is 55.2 Å². The molecule has 1 saturated heterocycles. The van der Waals surface area contributed by atoms with Crippen LogP contribution in [0.2, 0.25) is 5.02 Å². The first-order valence-electron chi connectivity index (χ1n) is 9.97. The highest BCUT2D eigenvalue weighted by Gasteiger charge is 2.41. The maximum Gasteiger partial charge on any atom is 0.225 e. The average Bonchev–Trinajstić information content (AvgIpc) is 3.07. The van der Waals surface area contributed by atoms with Gasteiger partial charge in [0.15, 0.2) is 0 Å². The molecule has 27 heavy (non-hydrogen) atoms. The van der Waals surface area contributed by atoms with Crippen molar-refractivity contribution in [1.82, 2.24) is 15.1 Å². The Balaban J connectivity index is 1.49. The third-order valence-corrected chi connectivity index (χ3v) is 7.07. The number of carbonyl (C=O) groups is 1. The normalized spacial score (nSPS) is 20.7. The number of halogens is 1. The van der Waals surface area contributed by atoms with Crippen LogP contribution in [0.3, 0.4) is 0 Å². The monoisotopic (exact) mass is 389 g/mol. The second-order valence-electron chi connectivity index (χ2n) is 8.78.